The van der Waals surface area contributed by atoms with Crippen molar-refractivity contribution in [2.45, 2.75) is 56.7 Å². The Morgan fingerprint density at radius 1 is 1.23 bits per heavy atom. The third kappa shape index (κ3) is 6.09. The highest BCUT2D eigenvalue weighted by molar-refractivity contribution is 5.73. The lowest BCUT2D eigenvalue weighted by Gasteiger charge is -2.31. The number of halogens is 3. The summed E-state index contributed by atoms with van der Waals surface area (Å²) in [6, 6.07) is 8.80. The second-order valence-electron chi connectivity index (χ2n) is 7.88. The third-order valence-electron chi connectivity index (χ3n) is 5.70. The average molecular weight is 431 g/mol. The summed E-state index contributed by atoms with van der Waals surface area (Å²) in [6.45, 7) is 3.61. The molecule has 3 atom stereocenters. The number of aliphatic carboxylic acids is 1. The molecular weight excluding hydrogens is 403 g/mol. The summed E-state index contributed by atoms with van der Waals surface area (Å²) in [7, 11) is 1.75. The molecule has 3 aliphatic rings. The SMILES string of the molecule is COc1ccccc1CN1CCOC2CCC1C2OCC1CC1.O=C(O)C(F)(F)F. The van der Waals surface area contributed by atoms with Crippen molar-refractivity contribution in [1.82, 2.24) is 4.90 Å². The molecule has 0 amide bonds. The molecule has 0 radical (unpaired) electrons. The van der Waals surface area contributed by atoms with Crippen molar-refractivity contribution in [1.29, 1.82) is 0 Å². The monoisotopic (exact) mass is 431 g/mol. The summed E-state index contributed by atoms with van der Waals surface area (Å²) < 4.78 is 49.6. The number of hydrogen-bond donors (Lipinski definition) is 1. The summed E-state index contributed by atoms with van der Waals surface area (Å²) in [6.07, 6.45) is 0.438. The van der Waals surface area contributed by atoms with E-state index in [1.54, 1.807) is 7.11 Å². The van der Waals surface area contributed by atoms with Gasteiger partial charge in [-0.3, -0.25) is 4.90 Å². The van der Waals surface area contributed by atoms with Crippen LogP contribution in [0.1, 0.15) is 31.2 Å². The lowest BCUT2D eigenvalue weighted by atomic mass is 10.1. The number of hydrogen-bond acceptors (Lipinski definition) is 5. The maximum atomic E-state index is 10.6. The number of carboxylic acid groups (broad SMARTS) is 1. The Labute approximate surface area is 173 Å². The van der Waals surface area contributed by atoms with E-state index in [-0.39, 0.29) is 6.10 Å². The van der Waals surface area contributed by atoms with Gasteiger partial charge in [0.05, 0.1) is 25.9 Å². The van der Waals surface area contributed by atoms with E-state index in [2.05, 4.69) is 17.0 Å². The Hall–Kier alpha value is -1.84. The maximum Gasteiger partial charge on any atom is 0.490 e. The van der Waals surface area contributed by atoms with Crippen molar-refractivity contribution in [3.8, 4) is 5.75 Å². The lowest BCUT2D eigenvalue weighted by molar-refractivity contribution is -0.192. The predicted molar refractivity (Wildman–Crippen MR) is 102 cm³/mol. The summed E-state index contributed by atoms with van der Waals surface area (Å²) in [5.41, 5.74) is 1.25. The van der Waals surface area contributed by atoms with Crippen molar-refractivity contribution in [3.05, 3.63) is 29.8 Å². The molecule has 3 fully saturated rings. The van der Waals surface area contributed by atoms with Crippen LogP contribution in [0.5, 0.6) is 5.75 Å². The largest absolute Gasteiger partial charge is 0.496 e. The van der Waals surface area contributed by atoms with E-state index in [1.807, 2.05) is 12.1 Å². The third-order valence-corrected chi connectivity index (χ3v) is 5.70. The van der Waals surface area contributed by atoms with Gasteiger partial charge < -0.3 is 19.3 Å². The Kier molecular flexibility index (Phi) is 7.60. The Morgan fingerprint density at radius 2 is 1.93 bits per heavy atom. The molecule has 3 unspecified atom stereocenters. The first-order chi connectivity index (χ1) is 14.3. The van der Waals surface area contributed by atoms with Gasteiger partial charge in [0, 0.05) is 31.3 Å². The quantitative estimate of drug-likeness (QED) is 0.744. The molecule has 1 saturated heterocycles. The normalized spacial score (nSPS) is 26.5. The average Bonchev–Trinajstić information content (AvgIpc) is 3.46. The maximum absolute atomic E-state index is 10.6. The number of methoxy groups -OCH3 is 1. The summed E-state index contributed by atoms with van der Waals surface area (Å²) >= 11 is 0. The molecule has 30 heavy (non-hydrogen) atoms. The minimum atomic E-state index is -5.08. The van der Waals surface area contributed by atoms with E-state index in [1.165, 1.54) is 24.8 Å². The van der Waals surface area contributed by atoms with E-state index in [4.69, 9.17) is 24.1 Å². The minimum Gasteiger partial charge on any atom is -0.496 e. The van der Waals surface area contributed by atoms with Crippen LogP contribution < -0.4 is 4.74 Å². The molecule has 2 aliphatic carbocycles. The molecule has 2 bridgehead atoms. The fourth-order valence-electron chi connectivity index (χ4n) is 3.97. The van der Waals surface area contributed by atoms with Crippen LogP contribution in [-0.4, -0.2) is 67.3 Å². The molecule has 168 valence electrons. The van der Waals surface area contributed by atoms with Gasteiger partial charge in [-0.1, -0.05) is 18.2 Å². The Morgan fingerprint density at radius 3 is 2.57 bits per heavy atom. The van der Waals surface area contributed by atoms with Crippen molar-refractivity contribution in [2.24, 2.45) is 5.92 Å². The summed E-state index contributed by atoms with van der Waals surface area (Å²) in [4.78, 5) is 11.4. The van der Waals surface area contributed by atoms with Gasteiger partial charge in [0.2, 0.25) is 0 Å². The number of carbonyl (C=O) groups is 1. The number of carboxylic acids is 1. The molecule has 1 heterocycles. The molecule has 6 nitrogen and oxygen atoms in total. The number of ether oxygens (including phenoxy) is 3. The van der Waals surface area contributed by atoms with Crippen molar-refractivity contribution in [3.63, 3.8) is 0 Å². The molecule has 1 aromatic rings. The van der Waals surface area contributed by atoms with Gasteiger partial charge in [0.1, 0.15) is 5.75 Å². The molecule has 0 aromatic heterocycles. The Balaban J connectivity index is 0.000000318. The first kappa shape index (κ1) is 22.8. The van der Waals surface area contributed by atoms with Crippen LogP contribution in [0.25, 0.3) is 0 Å². The number of fused-ring (bicyclic) bond motifs is 2. The van der Waals surface area contributed by atoms with Gasteiger partial charge in [-0.05, 0) is 37.7 Å². The van der Waals surface area contributed by atoms with Crippen LogP contribution in [0, 0.1) is 5.92 Å². The van der Waals surface area contributed by atoms with Gasteiger partial charge in [-0.2, -0.15) is 13.2 Å². The highest BCUT2D eigenvalue weighted by atomic mass is 19.4. The molecule has 1 aromatic carbocycles. The topological polar surface area (TPSA) is 68.2 Å². The number of rotatable bonds is 6. The van der Waals surface area contributed by atoms with Gasteiger partial charge >= 0.3 is 12.1 Å². The van der Waals surface area contributed by atoms with Crippen LogP contribution in [0.3, 0.4) is 0 Å². The zero-order valence-corrected chi connectivity index (χ0v) is 16.9. The smallest absolute Gasteiger partial charge is 0.490 e. The van der Waals surface area contributed by atoms with E-state index in [9.17, 15) is 13.2 Å². The van der Waals surface area contributed by atoms with Gasteiger partial charge in [0.15, 0.2) is 0 Å². The molecule has 2 saturated carbocycles. The van der Waals surface area contributed by atoms with E-state index >= 15 is 0 Å². The van der Waals surface area contributed by atoms with Crippen molar-refractivity contribution in [2.75, 3.05) is 26.9 Å². The van der Waals surface area contributed by atoms with Crippen LogP contribution in [-0.2, 0) is 20.8 Å². The molecule has 0 spiro atoms. The van der Waals surface area contributed by atoms with Crippen molar-refractivity contribution < 1.29 is 37.3 Å². The van der Waals surface area contributed by atoms with Gasteiger partial charge in [0.25, 0.3) is 0 Å². The zero-order chi connectivity index (χ0) is 21.7. The fraction of sp³-hybridized carbons (Fsp3) is 0.667. The number of alkyl halides is 3. The van der Waals surface area contributed by atoms with Crippen molar-refractivity contribution >= 4 is 5.97 Å². The standard InChI is InChI=1S/C19H27NO3.C2HF3O2/c1-21-17-5-3-2-4-15(17)12-20-10-11-22-18-9-8-16(20)19(18)23-13-14-6-7-14;3-2(4,5)1(6)7/h2-5,14,16,18-19H,6-13H2,1H3;(H,6,7). The van der Waals surface area contributed by atoms with E-state index in [0.717, 1.165) is 44.4 Å². The van der Waals surface area contributed by atoms with E-state index in [0.29, 0.717) is 12.1 Å². The summed E-state index contributed by atoms with van der Waals surface area (Å²) in [5, 5.41) is 7.12. The number of nitrogens with zero attached hydrogens (tertiary/aromatic N) is 1. The molecular formula is C21H28F3NO5. The molecule has 9 heteroatoms. The highest BCUT2D eigenvalue weighted by Gasteiger charge is 2.43. The number of para-hydroxylation sites is 1. The van der Waals surface area contributed by atoms with Crippen LogP contribution in [0.4, 0.5) is 13.2 Å². The predicted octanol–water partition coefficient (Wildman–Crippen LogP) is 3.49. The van der Waals surface area contributed by atoms with Gasteiger partial charge in [-0.25, -0.2) is 4.79 Å². The fourth-order valence-corrected chi connectivity index (χ4v) is 3.97. The molecule has 1 N–H and O–H groups in total. The van der Waals surface area contributed by atoms with Crippen LogP contribution in [0.15, 0.2) is 24.3 Å². The molecule has 4 rings (SSSR count). The first-order valence-electron chi connectivity index (χ1n) is 10.2. The van der Waals surface area contributed by atoms with Gasteiger partial charge in [-0.15, -0.1) is 0 Å². The number of benzene rings is 1. The van der Waals surface area contributed by atoms with E-state index < -0.39 is 12.1 Å². The Bertz CT molecular complexity index is 710. The second-order valence-corrected chi connectivity index (χ2v) is 7.88. The first-order valence-corrected chi connectivity index (χ1v) is 10.2. The second kappa shape index (κ2) is 9.98. The lowest BCUT2D eigenvalue weighted by Crippen LogP contribution is -2.43. The summed E-state index contributed by atoms with van der Waals surface area (Å²) in [5.74, 6) is -0.976. The highest BCUT2D eigenvalue weighted by Crippen LogP contribution is 2.36. The zero-order valence-electron chi connectivity index (χ0n) is 16.9. The van der Waals surface area contributed by atoms with Crippen LogP contribution in [0.2, 0.25) is 0 Å². The van der Waals surface area contributed by atoms with Crippen LogP contribution >= 0.6 is 0 Å². The molecule has 1 aliphatic heterocycles. The minimum absolute atomic E-state index is 0.243.